The maximum absolute atomic E-state index is 6.11. The summed E-state index contributed by atoms with van der Waals surface area (Å²) in [5, 5.41) is 0. The maximum Gasteiger partial charge on any atom is 0.0829 e. The first-order valence-electron chi connectivity index (χ1n) is 7.04. The topological polar surface area (TPSA) is 41.7 Å². The van der Waals surface area contributed by atoms with E-state index in [1.165, 1.54) is 25.7 Å². The van der Waals surface area contributed by atoms with E-state index in [2.05, 4.69) is 16.8 Å². The number of nitrogens with two attached hydrogens (primary N) is 1. The first kappa shape index (κ1) is 11.9. The van der Waals surface area contributed by atoms with Crippen LogP contribution in [0.1, 0.15) is 25.7 Å². The molecule has 4 heteroatoms. The molecule has 3 saturated heterocycles. The fourth-order valence-corrected chi connectivity index (χ4v) is 3.83. The van der Waals surface area contributed by atoms with Crippen molar-refractivity contribution in [2.75, 3.05) is 33.3 Å². The lowest BCUT2D eigenvalue weighted by atomic mass is 9.97. The highest BCUT2D eigenvalue weighted by Crippen LogP contribution is 2.35. The Morgan fingerprint density at radius 2 is 1.94 bits per heavy atom. The second-order valence-electron chi connectivity index (χ2n) is 6.07. The number of hydrogen-bond donors (Lipinski definition) is 1. The molecule has 0 spiro atoms. The lowest BCUT2D eigenvalue weighted by Gasteiger charge is -2.41. The number of morpholine rings is 1. The van der Waals surface area contributed by atoms with Crippen molar-refractivity contribution in [2.45, 2.75) is 49.9 Å². The van der Waals surface area contributed by atoms with Crippen molar-refractivity contribution in [3.8, 4) is 0 Å². The standard InChI is InChI=1S/C13H25N3O/c1-15-4-5-17-13(8-15)9-16-11-2-3-12(16)7-10(14)6-11/h10-13H,2-9,14H2,1H3. The molecule has 4 nitrogen and oxygen atoms in total. The molecule has 17 heavy (non-hydrogen) atoms. The van der Waals surface area contributed by atoms with Crippen LogP contribution in [0.3, 0.4) is 0 Å². The second-order valence-corrected chi connectivity index (χ2v) is 6.07. The third kappa shape index (κ3) is 2.50. The molecule has 0 amide bonds. The zero-order valence-electron chi connectivity index (χ0n) is 10.8. The first-order valence-corrected chi connectivity index (χ1v) is 7.04. The fourth-order valence-electron chi connectivity index (χ4n) is 3.83. The largest absolute Gasteiger partial charge is 0.374 e. The smallest absolute Gasteiger partial charge is 0.0829 e. The van der Waals surface area contributed by atoms with Crippen molar-refractivity contribution in [3.63, 3.8) is 0 Å². The highest BCUT2D eigenvalue weighted by Gasteiger charge is 2.40. The molecule has 98 valence electrons. The molecule has 0 saturated carbocycles. The molecule has 2 N–H and O–H groups in total. The van der Waals surface area contributed by atoms with E-state index in [1.807, 2.05) is 0 Å². The van der Waals surface area contributed by atoms with E-state index < -0.39 is 0 Å². The zero-order valence-corrected chi connectivity index (χ0v) is 10.8. The summed E-state index contributed by atoms with van der Waals surface area (Å²) >= 11 is 0. The molecule has 3 fully saturated rings. The number of fused-ring (bicyclic) bond motifs is 2. The molecule has 3 heterocycles. The molecule has 0 aromatic heterocycles. The zero-order chi connectivity index (χ0) is 11.8. The lowest BCUT2D eigenvalue weighted by Crippen LogP contribution is -2.53. The number of hydrogen-bond acceptors (Lipinski definition) is 4. The summed E-state index contributed by atoms with van der Waals surface area (Å²) in [4.78, 5) is 5.07. The number of rotatable bonds is 2. The quantitative estimate of drug-likeness (QED) is 0.751. The molecule has 0 radical (unpaired) electrons. The summed E-state index contributed by atoms with van der Waals surface area (Å²) < 4.78 is 5.89. The highest BCUT2D eigenvalue weighted by atomic mass is 16.5. The lowest BCUT2D eigenvalue weighted by molar-refractivity contribution is -0.0478. The Morgan fingerprint density at radius 3 is 2.59 bits per heavy atom. The summed E-state index contributed by atoms with van der Waals surface area (Å²) in [6.07, 6.45) is 5.49. The second kappa shape index (κ2) is 4.84. The molecule has 3 rings (SSSR count). The van der Waals surface area contributed by atoms with Crippen LogP contribution in [0.15, 0.2) is 0 Å². The number of piperidine rings is 1. The molecule has 3 aliphatic heterocycles. The molecular formula is C13H25N3O. The van der Waals surface area contributed by atoms with Crippen molar-refractivity contribution < 1.29 is 4.74 Å². The predicted octanol–water partition coefficient (Wildman–Crippen LogP) is 0.271. The number of likely N-dealkylation sites (N-methyl/N-ethyl adjacent to an activating group) is 1. The third-order valence-corrected chi connectivity index (χ3v) is 4.68. The Kier molecular flexibility index (Phi) is 3.39. The van der Waals surface area contributed by atoms with Crippen LogP contribution >= 0.6 is 0 Å². The van der Waals surface area contributed by atoms with Crippen molar-refractivity contribution in [2.24, 2.45) is 5.73 Å². The molecule has 3 atom stereocenters. The molecule has 2 bridgehead atoms. The molecule has 0 aromatic rings. The van der Waals surface area contributed by atoms with Gasteiger partial charge in [-0.05, 0) is 32.7 Å². The van der Waals surface area contributed by atoms with E-state index >= 15 is 0 Å². The summed E-state index contributed by atoms with van der Waals surface area (Å²) in [5.74, 6) is 0. The SMILES string of the molecule is CN1CCOC(CN2C3CCC2CC(N)C3)C1. The minimum atomic E-state index is 0.408. The van der Waals surface area contributed by atoms with Crippen LogP contribution < -0.4 is 5.73 Å². The van der Waals surface area contributed by atoms with Crippen molar-refractivity contribution >= 4 is 0 Å². The normalized spacial score (nSPS) is 44.1. The number of nitrogens with zero attached hydrogens (tertiary/aromatic N) is 2. The van der Waals surface area contributed by atoms with E-state index in [4.69, 9.17) is 10.5 Å². The van der Waals surface area contributed by atoms with Gasteiger partial charge in [-0.1, -0.05) is 0 Å². The molecule has 0 aliphatic carbocycles. The van der Waals surface area contributed by atoms with Crippen molar-refractivity contribution in [1.29, 1.82) is 0 Å². The van der Waals surface area contributed by atoms with Gasteiger partial charge < -0.3 is 15.4 Å². The highest BCUT2D eigenvalue weighted by molar-refractivity contribution is 4.97. The summed E-state index contributed by atoms with van der Waals surface area (Å²) in [7, 11) is 2.19. The Hall–Kier alpha value is -0.160. The van der Waals surface area contributed by atoms with Gasteiger partial charge in [-0.25, -0.2) is 0 Å². The monoisotopic (exact) mass is 239 g/mol. The maximum atomic E-state index is 6.11. The minimum absolute atomic E-state index is 0.408. The van der Waals surface area contributed by atoms with Crippen LogP contribution in [0.2, 0.25) is 0 Å². The van der Waals surface area contributed by atoms with Crippen molar-refractivity contribution in [1.82, 2.24) is 9.80 Å². The van der Waals surface area contributed by atoms with Gasteiger partial charge in [-0.15, -0.1) is 0 Å². The van der Waals surface area contributed by atoms with E-state index in [-0.39, 0.29) is 0 Å². The predicted molar refractivity (Wildman–Crippen MR) is 68.0 cm³/mol. The van der Waals surface area contributed by atoms with Crippen molar-refractivity contribution in [3.05, 3.63) is 0 Å². The van der Waals surface area contributed by atoms with Crippen LogP contribution in [0.25, 0.3) is 0 Å². The Bertz CT molecular complexity index is 259. The Labute approximate surface area is 104 Å². The van der Waals surface area contributed by atoms with Gasteiger partial charge in [0.15, 0.2) is 0 Å². The van der Waals surface area contributed by atoms with Gasteiger partial charge in [-0.2, -0.15) is 0 Å². The van der Waals surface area contributed by atoms with E-state index in [0.717, 1.165) is 38.3 Å². The first-order chi connectivity index (χ1) is 8.22. The Balaban J connectivity index is 1.58. The summed E-state index contributed by atoms with van der Waals surface area (Å²) in [6.45, 7) is 4.17. The average Bonchev–Trinajstić information content (AvgIpc) is 2.54. The number of ether oxygens (including phenoxy) is 1. The van der Waals surface area contributed by atoms with Gasteiger partial charge >= 0.3 is 0 Å². The van der Waals surface area contributed by atoms with Gasteiger partial charge in [-0.3, -0.25) is 4.90 Å². The van der Waals surface area contributed by atoms with E-state index in [0.29, 0.717) is 12.1 Å². The molecule has 3 unspecified atom stereocenters. The van der Waals surface area contributed by atoms with E-state index in [1.54, 1.807) is 0 Å². The van der Waals surface area contributed by atoms with Gasteiger partial charge in [0.05, 0.1) is 12.7 Å². The minimum Gasteiger partial charge on any atom is -0.374 e. The summed E-state index contributed by atoms with van der Waals surface area (Å²) in [6, 6.07) is 1.91. The third-order valence-electron chi connectivity index (χ3n) is 4.68. The van der Waals surface area contributed by atoms with Gasteiger partial charge in [0.1, 0.15) is 0 Å². The van der Waals surface area contributed by atoms with Crippen LogP contribution in [0.5, 0.6) is 0 Å². The van der Waals surface area contributed by atoms with Gasteiger partial charge in [0, 0.05) is 37.8 Å². The summed E-state index contributed by atoms with van der Waals surface area (Å²) in [5.41, 5.74) is 6.11. The Morgan fingerprint density at radius 1 is 1.24 bits per heavy atom. The molecular weight excluding hydrogens is 214 g/mol. The van der Waals surface area contributed by atoms with E-state index in [9.17, 15) is 0 Å². The van der Waals surface area contributed by atoms with Crippen LogP contribution in [-0.2, 0) is 4.74 Å². The van der Waals surface area contributed by atoms with Gasteiger partial charge in [0.2, 0.25) is 0 Å². The van der Waals surface area contributed by atoms with Crippen LogP contribution in [0, 0.1) is 0 Å². The molecule has 3 aliphatic rings. The van der Waals surface area contributed by atoms with Crippen LogP contribution in [-0.4, -0.2) is 67.3 Å². The molecule has 0 aromatic carbocycles. The fraction of sp³-hybridized carbons (Fsp3) is 1.00. The average molecular weight is 239 g/mol. The van der Waals surface area contributed by atoms with Gasteiger partial charge in [0.25, 0.3) is 0 Å². The van der Waals surface area contributed by atoms with Crippen LogP contribution in [0.4, 0.5) is 0 Å².